The SMILES string of the molecule is CCCOc1cccc2c(Cl)cc(C(F)F)nc12. The molecular weight excluding hydrogens is 260 g/mol. The minimum absolute atomic E-state index is 0.261. The number of benzene rings is 1. The molecule has 0 atom stereocenters. The van der Waals surface area contributed by atoms with Crippen LogP contribution in [-0.2, 0) is 0 Å². The fourth-order valence-electron chi connectivity index (χ4n) is 1.64. The van der Waals surface area contributed by atoms with Crippen molar-refractivity contribution in [2.24, 2.45) is 0 Å². The Morgan fingerprint density at radius 3 is 2.83 bits per heavy atom. The van der Waals surface area contributed by atoms with Gasteiger partial charge in [-0.15, -0.1) is 0 Å². The first-order chi connectivity index (χ1) is 8.63. The maximum Gasteiger partial charge on any atom is 0.280 e. The van der Waals surface area contributed by atoms with Crippen molar-refractivity contribution in [3.05, 3.63) is 35.0 Å². The number of hydrogen-bond donors (Lipinski definition) is 0. The smallest absolute Gasteiger partial charge is 0.280 e. The maximum absolute atomic E-state index is 12.7. The molecule has 0 spiro atoms. The van der Waals surface area contributed by atoms with Crippen LogP contribution in [0.15, 0.2) is 24.3 Å². The summed E-state index contributed by atoms with van der Waals surface area (Å²) in [5, 5.41) is 0.881. The Bertz CT molecular complexity index is 560. The quantitative estimate of drug-likeness (QED) is 0.810. The Kier molecular flexibility index (Phi) is 3.97. The minimum Gasteiger partial charge on any atom is -0.491 e. The van der Waals surface area contributed by atoms with Crippen LogP contribution >= 0.6 is 11.6 Å². The Hall–Kier alpha value is -1.42. The molecule has 2 nitrogen and oxygen atoms in total. The molecule has 0 unspecified atom stereocenters. The number of hydrogen-bond acceptors (Lipinski definition) is 2. The Balaban J connectivity index is 2.58. The monoisotopic (exact) mass is 271 g/mol. The lowest BCUT2D eigenvalue weighted by atomic mass is 10.2. The van der Waals surface area contributed by atoms with E-state index in [1.165, 1.54) is 6.07 Å². The van der Waals surface area contributed by atoms with Crippen LogP contribution in [0.25, 0.3) is 10.9 Å². The summed E-state index contributed by atoms with van der Waals surface area (Å²) >= 11 is 5.98. The van der Waals surface area contributed by atoms with Crippen molar-refractivity contribution in [1.29, 1.82) is 0 Å². The Morgan fingerprint density at radius 1 is 1.39 bits per heavy atom. The van der Waals surface area contributed by atoms with Crippen molar-refractivity contribution in [3.8, 4) is 5.75 Å². The second-order valence-corrected chi connectivity index (χ2v) is 4.24. The molecule has 0 aliphatic rings. The average molecular weight is 272 g/mol. The van der Waals surface area contributed by atoms with Crippen LogP contribution in [-0.4, -0.2) is 11.6 Å². The van der Waals surface area contributed by atoms with E-state index in [0.717, 1.165) is 6.42 Å². The van der Waals surface area contributed by atoms with E-state index in [2.05, 4.69) is 4.98 Å². The highest BCUT2D eigenvalue weighted by atomic mass is 35.5. The van der Waals surface area contributed by atoms with Gasteiger partial charge in [-0.25, -0.2) is 13.8 Å². The predicted molar refractivity (Wildman–Crippen MR) is 67.5 cm³/mol. The van der Waals surface area contributed by atoms with Crippen LogP contribution in [0.1, 0.15) is 25.5 Å². The van der Waals surface area contributed by atoms with Crippen molar-refractivity contribution in [2.75, 3.05) is 6.61 Å². The van der Waals surface area contributed by atoms with Gasteiger partial charge < -0.3 is 4.74 Å². The molecular formula is C13H12ClF2NO. The lowest BCUT2D eigenvalue weighted by molar-refractivity contribution is 0.146. The summed E-state index contributed by atoms with van der Waals surface area (Å²) in [4.78, 5) is 3.93. The van der Waals surface area contributed by atoms with Crippen molar-refractivity contribution in [3.63, 3.8) is 0 Å². The minimum atomic E-state index is -2.65. The number of rotatable bonds is 4. The highest BCUT2D eigenvalue weighted by Gasteiger charge is 2.14. The number of pyridine rings is 1. The average Bonchev–Trinajstić information content (AvgIpc) is 2.36. The lowest BCUT2D eigenvalue weighted by Crippen LogP contribution is -1.98. The Morgan fingerprint density at radius 2 is 2.17 bits per heavy atom. The molecule has 0 saturated heterocycles. The first-order valence-corrected chi connectivity index (χ1v) is 6.01. The second kappa shape index (κ2) is 5.48. The fraction of sp³-hybridized carbons (Fsp3) is 0.308. The van der Waals surface area contributed by atoms with Gasteiger partial charge in [-0.05, 0) is 18.6 Å². The highest BCUT2D eigenvalue weighted by Crippen LogP contribution is 2.32. The van der Waals surface area contributed by atoms with Gasteiger partial charge in [0.15, 0.2) is 0 Å². The second-order valence-electron chi connectivity index (χ2n) is 3.83. The lowest BCUT2D eigenvalue weighted by Gasteiger charge is -2.10. The summed E-state index contributed by atoms with van der Waals surface area (Å²) in [7, 11) is 0. The van der Waals surface area contributed by atoms with Gasteiger partial charge in [-0.2, -0.15) is 0 Å². The topological polar surface area (TPSA) is 22.1 Å². The van der Waals surface area contributed by atoms with Crippen molar-refractivity contribution >= 4 is 22.5 Å². The van der Waals surface area contributed by atoms with Gasteiger partial charge in [0.05, 0.1) is 11.6 Å². The number of para-hydroxylation sites is 1. The van der Waals surface area contributed by atoms with Crippen LogP contribution in [0, 0.1) is 0 Å². The first-order valence-electron chi connectivity index (χ1n) is 5.63. The summed E-state index contributed by atoms with van der Waals surface area (Å²) in [5.74, 6) is 0.485. The number of nitrogens with zero attached hydrogens (tertiary/aromatic N) is 1. The molecule has 1 aromatic carbocycles. The summed E-state index contributed by atoms with van der Waals surface area (Å²) in [6.07, 6.45) is -1.82. The number of fused-ring (bicyclic) bond motifs is 1. The molecule has 5 heteroatoms. The van der Waals surface area contributed by atoms with Gasteiger partial charge in [0.1, 0.15) is 17.0 Å². The molecule has 0 amide bonds. The van der Waals surface area contributed by atoms with Gasteiger partial charge in [0.2, 0.25) is 0 Å². The third kappa shape index (κ3) is 2.53. The van der Waals surface area contributed by atoms with Crippen LogP contribution < -0.4 is 4.74 Å². The molecule has 0 aliphatic heterocycles. The van der Waals surface area contributed by atoms with E-state index >= 15 is 0 Å². The van der Waals surface area contributed by atoms with E-state index in [0.29, 0.717) is 23.3 Å². The van der Waals surface area contributed by atoms with Gasteiger partial charge in [0, 0.05) is 5.39 Å². The van der Waals surface area contributed by atoms with Gasteiger partial charge in [-0.1, -0.05) is 30.7 Å². The molecule has 0 aliphatic carbocycles. The van der Waals surface area contributed by atoms with Gasteiger partial charge in [-0.3, -0.25) is 0 Å². The third-order valence-electron chi connectivity index (χ3n) is 2.46. The maximum atomic E-state index is 12.7. The molecule has 0 fully saturated rings. The normalized spacial score (nSPS) is 11.2. The Labute approximate surface area is 109 Å². The number of halogens is 3. The molecule has 0 bridgehead atoms. The summed E-state index contributed by atoms with van der Waals surface area (Å²) in [6, 6.07) is 6.40. The standard InChI is InChI=1S/C13H12ClF2NO/c1-2-6-18-11-5-3-4-8-9(14)7-10(13(15)16)17-12(8)11/h3-5,7,13H,2,6H2,1H3. The van der Waals surface area contributed by atoms with E-state index in [9.17, 15) is 8.78 Å². The van der Waals surface area contributed by atoms with E-state index in [1.54, 1.807) is 18.2 Å². The highest BCUT2D eigenvalue weighted by molar-refractivity contribution is 6.35. The van der Waals surface area contributed by atoms with E-state index in [4.69, 9.17) is 16.3 Å². The van der Waals surface area contributed by atoms with E-state index in [1.807, 2.05) is 6.92 Å². The number of alkyl halides is 2. The molecule has 2 aromatic rings. The summed E-state index contributed by atoms with van der Waals surface area (Å²) in [6.45, 7) is 2.48. The van der Waals surface area contributed by atoms with Crippen molar-refractivity contribution in [1.82, 2.24) is 4.98 Å². The zero-order chi connectivity index (χ0) is 13.1. The first kappa shape index (κ1) is 13.0. The molecule has 1 heterocycles. The number of ether oxygens (including phenoxy) is 1. The van der Waals surface area contributed by atoms with Crippen molar-refractivity contribution in [2.45, 2.75) is 19.8 Å². The third-order valence-corrected chi connectivity index (χ3v) is 2.77. The van der Waals surface area contributed by atoms with Gasteiger partial charge >= 0.3 is 0 Å². The molecule has 0 radical (unpaired) electrons. The van der Waals surface area contributed by atoms with Gasteiger partial charge in [0.25, 0.3) is 6.43 Å². The molecule has 0 N–H and O–H groups in total. The van der Waals surface area contributed by atoms with Crippen molar-refractivity contribution < 1.29 is 13.5 Å². The number of aromatic nitrogens is 1. The zero-order valence-electron chi connectivity index (χ0n) is 9.79. The van der Waals surface area contributed by atoms with E-state index in [-0.39, 0.29) is 10.7 Å². The van der Waals surface area contributed by atoms with Crippen LogP contribution in [0.2, 0.25) is 5.02 Å². The van der Waals surface area contributed by atoms with Crippen LogP contribution in [0.5, 0.6) is 5.75 Å². The molecule has 0 saturated carbocycles. The fourth-order valence-corrected chi connectivity index (χ4v) is 1.90. The predicted octanol–water partition coefficient (Wildman–Crippen LogP) is 4.61. The zero-order valence-corrected chi connectivity index (χ0v) is 10.5. The molecule has 2 rings (SSSR count). The summed E-state index contributed by atoms with van der Waals surface area (Å²) in [5.41, 5.74) is 0.0498. The molecule has 18 heavy (non-hydrogen) atoms. The summed E-state index contributed by atoms with van der Waals surface area (Å²) < 4.78 is 30.9. The largest absolute Gasteiger partial charge is 0.491 e. The molecule has 96 valence electrons. The van der Waals surface area contributed by atoms with Crippen LogP contribution in [0.3, 0.4) is 0 Å². The van der Waals surface area contributed by atoms with Crippen LogP contribution in [0.4, 0.5) is 8.78 Å². The van der Waals surface area contributed by atoms with E-state index < -0.39 is 6.43 Å². The molecule has 1 aromatic heterocycles.